The third-order valence-corrected chi connectivity index (χ3v) is 3.20. The zero-order valence-electron chi connectivity index (χ0n) is 11.6. The topological polar surface area (TPSA) is 93.1 Å². The van der Waals surface area contributed by atoms with Crippen molar-refractivity contribution in [1.82, 2.24) is 0 Å². The Balaban J connectivity index is 2.79. The molecule has 19 heavy (non-hydrogen) atoms. The first-order valence-corrected chi connectivity index (χ1v) is 7.31. The number of hydrogen-bond donors (Lipinski definition) is 2. The van der Waals surface area contributed by atoms with Crippen LogP contribution in [0.2, 0.25) is 0 Å². The summed E-state index contributed by atoms with van der Waals surface area (Å²) in [4.78, 5) is 29.4. The van der Waals surface area contributed by atoms with Gasteiger partial charge in [-0.15, -0.1) is 0 Å². The fourth-order valence-electron chi connectivity index (χ4n) is 1.96. The van der Waals surface area contributed by atoms with E-state index in [1.807, 2.05) is 21.1 Å². The number of carbonyl (C=O) groups excluding carboxylic acids is 1. The van der Waals surface area contributed by atoms with Gasteiger partial charge in [-0.2, -0.15) is 0 Å². The van der Waals surface area contributed by atoms with Crippen molar-refractivity contribution < 1.29 is 32.9 Å². The second-order valence-corrected chi connectivity index (χ2v) is 7.14. The van der Waals surface area contributed by atoms with E-state index in [1.165, 1.54) is 6.92 Å². The van der Waals surface area contributed by atoms with Crippen LogP contribution in [0, 0.1) is 0 Å². The fraction of sp³-hybridized carbons (Fsp3) is 0.727. The lowest BCUT2D eigenvalue weighted by atomic mass is 10.3. The number of phosphoric acid groups is 1. The van der Waals surface area contributed by atoms with Crippen LogP contribution in [-0.2, 0) is 18.6 Å². The second kappa shape index (κ2) is 5.00. The summed E-state index contributed by atoms with van der Waals surface area (Å²) in [5, 5.41) is 0. The number of nitrogens with zero attached hydrogens (tertiary/aromatic N) is 1. The van der Waals surface area contributed by atoms with Gasteiger partial charge in [-0.1, -0.05) is 6.58 Å². The molecule has 7 nitrogen and oxygen atoms in total. The van der Waals surface area contributed by atoms with Gasteiger partial charge in [-0.25, -0.2) is 9.36 Å². The number of phosphoric ester groups is 1. The van der Waals surface area contributed by atoms with Crippen LogP contribution in [0.4, 0.5) is 0 Å². The number of esters is 1. The molecule has 0 aromatic rings. The Kier molecular flexibility index (Phi) is 4.29. The Hall–Kier alpha value is -0.720. The van der Waals surface area contributed by atoms with Crippen molar-refractivity contribution in [3.05, 3.63) is 12.2 Å². The quantitative estimate of drug-likeness (QED) is 0.319. The Morgan fingerprint density at radius 1 is 1.47 bits per heavy atom. The van der Waals surface area contributed by atoms with Crippen LogP contribution in [0.3, 0.4) is 0 Å². The molecule has 0 aromatic heterocycles. The molecule has 1 fully saturated rings. The van der Waals surface area contributed by atoms with Gasteiger partial charge in [0.05, 0.1) is 21.1 Å². The summed E-state index contributed by atoms with van der Waals surface area (Å²) in [6.45, 7) is 5.30. The van der Waals surface area contributed by atoms with Gasteiger partial charge < -0.3 is 19.0 Å². The molecular weight excluding hydrogens is 273 g/mol. The molecule has 110 valence electrons. The highest BCUT2D eigenvalue weighted by atomic mass is 31.2. The van der Waals surface area contributed by atoms with Gasteiger partial charge in [0.25, 0.3) is 0 Å². The lowest BCUT2D eigenvalue weighted by Crippen LogP contribution is -2.45. The number of rotatable bonds is 6. The molecule has 8 heteroatoms. The van der Waals surface area contributed by atoms with Crippen LogP contribution in [0.5, 0.6) is 0 Å². The van der Waals surface area contributed by atoms with Gasteiger partial charge in [-0.3, -0.25) is 4.52 Å². The Morgan fingerprint density at radius 3 is 2.37 bits per heavy atom. The molecule has 1 aliphatic carbocycles. The maximum Gasteiger partial charge on any atom is 0.470 e. The summed E-state index contributed by atoms with van der Waals surface area (Å²) in [5.74, 6) is -0.581. The zero-order valence-corrected chi connectivity index (χ0v) is 12.5. The highest BCUT2D eigenvalue weighted by Crippen LogP contribution is 2.54. The van der Waals surface area contributed by atoms with Crippen molar-refractivity contribution in [2.24, 2.45) is 0 Å². The van der Waals surface area contributed by atoms with E-state index in [1.54, 1.807) is 0 Å². The van der Waals surface area contributed by atoms with E-state index in [0.29, 0.717) is 11.0 Å². The van der Waals surface area contributed by atoms with Gasteiger partial charge in [0.2, 0.25) is 0 Å². The van der Waals surface area contributed by atoms with Crippen LogP contribution < -0.4 is 0 Å². The minimum atomic E-state index is -4.64. The van der Waals surface area contributed by atoms with E-state index in [-0.39, 0.29) is 12.0 Å². The molecule has 2 atom stereocenters. The molecule has 2 unspecified atom stereocenters. The molecule has 0 heterocycles. The van der Waals surface area contributed by atoms with E-state index >= 15 is 0 Å². The average molecular weight is 294 g/mol. The van der Waals surface area contributed by atoms with Gasteiger partial charge in [0.15, 0.2) is 5.60 Å². The van der Waals surface area contributed by atoms with Gasteiger partial charge in [-0.05, 0) is 6.92 Å². The minimum Gasteiger partial charge on any atom is -0.456 e. The maximum absolute atomic E-state index is 11.4. The number of quaternary nitrogens is 1. The van der Waals surface area contributed by atoms with Crippen LogP contribution in [0.25, 0.3) is 0 Å². The predicted molar refractivity (Wildman–Crippen MR) is 68.1 cm³/mol. The largest absolute Gasteiger partial charge is 0.470 e. The lowest BCUT2D eigenvalue weighted by Gasteiger charge is -2.29. The summed E-state index contributed by atoms with van der Waals surface area (Å²) >= 11 is 0. The van der Waals surface area contributed by atoms with E-state index in [0.717, 1.165) is 0 Å². The summed E-state index contributed by atoms with van der Waals surface area (Å²) < 4.78 is 21.4. The number of ether oxygens (including phenoxy) is 1. The van der Waals surface area contributed by atoms with Gasteiger partial charge in [0, 0.05) is 12.0 Å². The summed E-state index contributed by atoms with van der Waals surface area (Å²) in [6, 6.07) is 0. The zero-order chi connectivity index (χ0) is 15.1. The summed E-state index contributed by atoms with van der Waals surface area (Å²) in [6.07, 6.45) is -0.381. The third kappa shape index (κ3) is 5.04. The predicted octanol–water partition coefficient (Wildman–Crippen LogP) is 0.432. The highest BCUT2D eigenvalue weighted by molar-refractivity contribution is 7.46. The molecular formula is C11H21NO6P+. The number of carbonyl (C=O) groups is 1. The average Bonchev–Trinajstić information content (AvgIpc) is 2.69. The SMILES string of the molecule is C=C(C)C(=O)OC1CC1(C[N+](C)(C)C)OP(=O)(O)O. The monoisotopic (exact) mass is 294 g/mol. The maximum atomic E-state index is 11.4. The molecule has 2 N–H and O–H groups in total. The molecule has 0 spiro atoms. The van der Waals surface area contributed by atoms with Crippen molar-refractivity contribution in [2.75, 3.05) is 27.7 Å². The van der Waals surface area contributed by atoms with Crippen molar-refractivity contribution in [2.45, 2.75) is 25.0 Å². The van der Waals surface area contributed by atoms with Gasteiger partial charge in [0.1, 0.15) is 12.6 Å². The van der Waals surface area contributed by atoms with Crippen LogP contribution in [-0.4, -0.2) is 59.6 Å². The summed E-state index contributed by atoms with van der Waals surface area (Å²) in [7, 11) is 0.947. The fourth-order valence-corrected chi connectivity index (χ4v) is 2.69. The van der Waals surface area contributed by atoms with E-state index in [4.69, 9.17) is 19.0 Å². The smallest absolute Gasteiger partial charge is 0.456 e. The van der Waals surface area contributed by atoms with Crippen LogP contribution >= 0.6 is 7.82 Å². The first-order valence-electron chi connectivity index (χ1n) is 5.78. The Bertz CT molecular complexity index is 437. The molecule has 0 saturated heterocycles. The Labute approximate surface area is 112 Å². The normalized spacial score (nSPS) is 26.9. The van der Waals surface area contributed by atoms with Crippen molar-refractivity contribution >= 4 is 13.8 Å². The highest BCUT2D eigenvalue weighted by Gasteiger charge is 2.65. The standard InChI is InChI=1S/C11H20NO6P/c1-8(2)10(13)17-9-6-11(9,7-12(3,4)5)18-19(14,15)16/h9H,1,6-7H2,2-5H3,(H-,14,15,16)/p+1. The van der Waals surface area contributed by atoms with Crippen molar-refractivity contribution in [3.8, 4) is 0 Å². The van der Waals surface area contributed by atoms with Crippen molar-refractivity contribution in [1.29, 1.82) is 0 Å². The molecule has 0 aliphatic heterocycles. The van der Waals surface area contributed by atoms with E-state index in [2.05, 4.69) is 6.58 Å². The molecule has 0 aromatic carbocycles. The van der Waals surface area contributed by atoms with Crippen molar-refractivity contribution in [3.63, 3.8) is 0 Å². The number of likely N-dealkylation sites (N-methyl/N-ethyl adjacent to an activating group) is 1. The molecule has 0 bridgehead atoms. The molecule has 1 saturated carbocycles. The first-order chi connectivity index (χ1) is 8.35. The summed E-state index contributed by atoms with van der Waals surface area (Å²) in [5.41, 5.74) is -0.884. The van der Waals surface area contributed by atoms with Gasteiger partial charge >= 0.3 is 13.8 Å². The van der Waals surface area contributed by atoms with E-state index < -0.39 is 25.5 Å². The minimum absolute atomic E-state index is 0.238. The second-order valence-electron chi connectivity index (χ2n) is 5.97. The number of hydrogen-bond acceptors (Lipinski definition) is 4. The molecule has 0 amide bonds. The van der Waals surface area contributed by atoms with Crippen LogP contribution in [0.1, 0.15) is 13.3 Å². The molecule has 0 radical (unpaired) electrons. The lowest BCUT2D eigenvalue weighted by molar-refractivity contribution is -0.874. The third-order valence-electron chi connectivity index (χ3n) is 2.60. The Morgan fingerprint density at radius 2 is 2.00 bits per heavy atom. The molecule has 1 aliphatic rings. The molecule has 1 rings (SSSR count). The van der Waals surface area contributed by atoms with E-state index in [9.17, 15) is 9.36 Å². The first kappa shape index (κ1) is 16.3. The van der Waals surface area contributed by atoms with Crippen LogP contribution in [0.15, 0.2) is 12.2 Å².